The summed E-state index contributed by atoms with van der Waals surface area (Å²) in [6.07, 6.45) is 0. The van der Waals surface area contributed by atoms with Crippen LogP contribution in [0.15, 0.2) is 42.5 Å². The molecule has 0 amide bonds. The minimum absolute atomic E-state index is 0.257. The third-order valence-corrected chi connectivity index (χ3v) is 3.56. The third-order valence-electron chi connectivity index (χ3n) is 2.38. The fourth-order valence-electron chi connectivity index (χ4n) is 1.49. The zero-order chi connectivity index (χ0) is 12.3. The quantitative estimate of drug-likeness (QED) is 0.803. The average molecular weight is 360 g/mol. The molecule has 0 aliphatic rings. The normalized spacial score (nSPS) is 10.2. The number of hydrogen-bond donors (Lipinski definition) is 2. The predicted octanol–water partition coefficient (Wildman–Crippen LogP) is 4.26. The predicted molar refractivity (Wildman–Crippen MR) is 79.6 cm³/mol. The van der Waals surface area contributed by atoms with Gasteiger partial charge < -0.3 is 10.4 Å². The molecular weight excluding hydrogens is 349 g/mol. The molecule has 2 rings (SSSR count). The number of phenolic OH excluding ortho intramolecular Hbond substituents is 1. The number of hydrogen-bond acceptors (Lipinski definition) is 2. The van der Waals surface area contributed by atoms with Gasteiger partial charge in [0.25, 0.3) is 0 Å². The first-order chi connectivity index (χ1) is 8.16. The Morgan fingerprint density at radius 1 is 1.18 bits per heavy atom. The van der Waals surface area contributed by atoms with Gasteiger partial charge in [0.15, 0.2) is 0 Å². The van der Waals surface area contributed by atoms with Crippen molar-refractivity contribution in [1.29, 1.82) is 0 Å². The van der Waals surface area contributed by atoms with Crippen LogP contribution in [0.25, 0.3) is 0 Å². The van der Waals surface area contributed by atoms with Gasteiger partial charge in [-0.15, -0.1) is 0 Å². The van der Waals surface area contributed by atoms with Crippen molar-refractivity contribution in [3.63, 3.8) is 0 Å². The molecule has 2 N–H and O–H groups in total. The minimum Gasteiger partial charge on any atom is -0.508 e. The molecule has 2 aromatic carbocycles. The van der Waals surface area contributed by atoms with Crippen LogP contribution in [0.1, 0.15) is 5.56 Å². The van der Waals surface area contributed by atoms with E-state index in [2.05, 4.69) is 27.9 Å². The largest absolute Gasteiger partial charge is 0.508 e. The summed E-state index contributed by atoms with van der Waals surface area (Å²) in [6.45, 7) is 0.548. The highest BCUT2D eigenvalue weighted by Crippen LogP contribution is 2.23. The van der Waals surface area contributed by atoms with E-state index in [1.165, 1.54) is 0 Å². The minimum atomic E-state index is 0.257. The second-order valence-electron chi connectivity index (χ2n) is 3.61. The van der Waals surface area contributed by atoms with Gasteiger partial charge in [0, 0.05) is 26.4 Å². The fourth-order valence-corrected chi connectivity index (χ4v) is 2.26. The van der Waals surface area contributed by atoms with Crippen molar-refractivity contribution in [3.8, 4) is 5.75 Å². The first-order valence-corrected chi connectivity index (χ1v) is 6.58. The fraction of sp³-hybridized carbons (Fsp3) is 0.0769. The maximum Gasteiger partial charge on any atom is 0.120 e. The number of anilines is 1. The molecule has 2 nitrogen and oxygen atoms in total. The maximum absolute atomic E-state index is 9.68. The third kappa shape index (κ3) is 3.26. The Hall–Kier alpha value is -0.940. The van der Waals surface area contributed by atoms with Gasteiger partial charge in [-0.3, -0.25) is 0 Å². The lowest BCUT2D eigenvalue weighted by atomic mass is 10.2. The Labute approximate surface area is 119 Å². The van der Waals surface area contributed by atoms with Crippen molar-refractivity contribution in [3.05, 3.63) is 56.6 Å². The Morgan fingerprint density at radius 2 is 1.94 bits per heavy atom. The molecule has 0 aromatic heterocycles. The Bertz CT molecular complexity index is 531. The maximum atomic E-state index is 9.68. The number of benzene rings is 2. The van der Waals surface area contributed by atoms with Crippen molar-refractivity contribution in [2.75, 3.05) is 5.32 Å². The van der Waals surface area contributed by atoms with E-state index in [1.807, 2.05) is 24.3 Å². The highest BCUT2D eigenvalue weighted by Gasteiger charge is 2.03. The summed E-state index contributed by atoms with van der Waals surface area (Å²) in [6, 6.07) is 13.0. The van der Waals surface area contributed by atoms with Gasteiger partial charge >= 0.3 is 0 Å². The van der Waals surface area contributed by atoms with Crippen LogP contribution in [-0.2, 0) is 6.54 Å². The highest BCUT2D eigenvalue weighted by atomic mass is 127. The molecule has 2 aromatic rings. The van der Waals surface area contributed by atoms with E-state index in [0.717, 1.165) is 14.8 Å². The number of aromatic hydroxyl groups is 1. The molecule has 0 heterocycles. The molecule has 0 atom stereocenters. The monoisotopic (exact) mass is 359 g/mol. The van der Waals surface area contributed by atoms with Gasteiger partial charge in [0.1, 0.15) is 5.75 Å². The van der Waals surface area contributed by atoms with E-state index in [1.54, 1.807) is 18.2 Å². The molecule has 0 aliphatic carbocycles. The first-order valence-electron chi connectivity index (χ1n) is 5.12. The summed E-state index contributed by atoms with van der Waals surface area (Å²) in [5.74, 6) is 0.257. The molecule has 0 bridgehead atoms. The van der Waals surface area contributed by atoms with Gasteiger partial charge in [0.05, 0.1) is 0 Å². The van der Waals surface area contributed by atoms with Crippen LogP contribution in [0.3, 0.4) is 0 Å². The first kappa shape index (κ1) is 12.5. The number of nitrogens with one attached hydrogen (secondary N) is 1. The Balaban J connectivity index is 2.12. The summed E-state index contributed by atoms with van der Waals surface area (Å²) in [4.78, 5) is 0. The van der Waals surface area contributed by atoms with Crippen molar-refractivity contribution in [2.24, 2.45) is 0 Å². The van der Waals surface area contributed by atoms with Gasteiger partial charge in [0.2, 0.25) is 0 Å². The number of phenols is 1. The van der Waals surface area contributed by atoms with E-state index in [9.17, 15) is 5.11 Å². The Morgan fingerprint density at radius 3 is 2.71 bits per heavy atom. The smallest absolute Gasteiger partial charge is 0.120 e. The van der Waals surface area contributed by atoms with Gasteiger partial charge in [-0.05, 0) is 52.9 Å². The van der Waals surface area contributed by atoms with Crippen LogP contribution in [0, 0.1) is 3.57 Å². The molecular formula is C13H11ClINO. The summed E-state index contributed by atoms with van der Waals surface area (Å²) in [7, 11) is 0. The summed E-state index contributed by atoms with van der Waals surface area (Å²) < 4.78 is 1.15. The Kier molecular flexibility index (Phi) is 4.12. The SMILES string of the molecule is Oc1ccc(Cl)cc1CNc1ccccc1I. The van der Waals surface area contributed by atoms with Gasteiger partial charge in [-0.2, -0.15) is 0 Å². The molecule has 0 aliphatic heterocycles. The van der Waals surface area contributed by atoms with Crippen molar-refractivity contribution in [1.82, 2.24) is 0 Å². The van der Waals surface area contributed by atoms with E-state index in [0.29, 0.717) is 11.6 Å². The van der Waals surface area contributed by atoms with Gasteiger partial charge in [-0.1, -0.05) is 23.7 Å². The molecule has 0 radical (unpaired) electrons. The van der Waals surface area contributed by atoms with Crippen LogP contribution < -0.4 is 5.32 Å². The molecule has 4 heteroatoms. The van der Waals surface area contributed by atoms with E-state index in [4.69, 9.17) is 11.6 Å². The summed E-state index contributed by atoms with van der Waals surface area (Å²) in [5.41, 5.74) is 1.84. The number of rotatable bonds is 3. The standard InChI is InChI=1S/C13H11ClINO/c14-10-5-6-13(17)9(7-10)8-16-12-4-2-1-3-11(12)15/h1-7,16-17H,8H2. The van der Waals surface area contributed by atoms with Crippen LogP contribution in [0.5, 0.6) is 5.75 Å². The summed E-state index contributed by atoms with van der Waals surface area (Å²) in [5, 5.41) is 13.6. The molecule has 0 spiro atoms. The van der Waals surface area contributed by atoms with Crippen LogP contribution in [0.2, 0.25) is 5.02 Å². The van der Waals surface area contributed by atoms with Crippen molar-refractivity contribution in [2.45, 2.75) is 6.54 Å². The second-order valence-corrected chi connectivity index (χ2v) is 5.21. The molecule has 0 saturated heterocycles. The molecule has 0 fully saturated rings. The van der Waals surface area contributed by atoms with Crippen molar-refractivity contribution >= 4 is 39.9 Å². The van der Waals surface area contributed by atoms with E-state index >= 15 is 0 Å². The summed E-state index contributed by atoms with van der Waals surface area (Å²) >= 11 is 8.16. The number of para-hydroxylation sites is 1. The van der Waals surface area contributed by atoms with Crippen LogP contribution in [-0.4, -0.2) is 5.11 Å². The molecule has 0 unspecified atom stereocenters. The lowest BCUT2D eigenvalue weighted by molar-refractivity contribution is 0.469. The topological polar surface area (TPSA) is 32.3 Å². The molecule has 88 valence electrons. The lowest BCUT2D eigenvalue weighted by Gasteiger charge is -2.10. The lowest BCUT2D eigenvalue weighted by Crippen LogP contribution is -2.01. The van der Waals surface area contributed by atoms with Crippen molar-refractivity contribution < 1.29 is 5.11 Å². The zero-order valence-electron chi connectivity index (χ0n) is 8.95. The number of halogens is 2. The van der Waals surface area contributed by atoms with Crippen LogP contribution >= 0.6 is 34.2 Å². The van der Waals surface area contributed by atoms with E-state index < -0.39 is 0 Å². The van der Waals surface area contributed by atoms with Crippen LogP contribution in [0.4, 0.5) is 5.69 Å². The zero-order valence-corrected chi connectivity index (χ0v) is 11.9. The molecule has 17 heavy (non-hydrogen) atoms. The molecule has 0 saturated carbocycles. The average Bonchev–Trinajstić information content (AvgIpc) is 2.32. The highest BCUT2D eigenvalue weighted by molar-refractivity contribution is 14.1. The van der Waals surface area contributed by atoms with Gasteiger partial charge in [-0.25, -0.2) is 0 Å². The van der Waals surface area contributed by atoms with E-state index in [-0.39, 0.29) is 5.75 Å². The second kappa shape index (κ2) is 5.60.